The molecule has 4 nitrogen and oxygen atoms in total. The van der Waals surface area contributed by atoms with E-state index >= 15 is 0 Å². The van der Waals surface area contributed by atoms with E-state index in [1.165, 1.54) is 19.2 Å². The smallest absolute Gasteiger partial charge is 0.467 e. The van der Waals surface area contributed by atoms with Gasteiger partial charge < -0.3 is 9.47 Å². The molecule has 0 fully saturated rings. The van der Waals surface area contributed by atoms with Crippen molar-refractivity contribution in [2.75, 3.05) is 13.7 Å². The number of benzene rings is 1. The molecule has 7 heteroatoms. The van der Waals surface area contributed by atoms with Crippen LogP contribution in [0, 0.1) is 0 Å². The van der Waals surface area contributed by atoms with Crippen molar-refractivity contribution in [2.24, 2.45) is 0 Å². The van der Waals surface area contributed by atoms with Crippen molar-refractivity contribution in [3.63, 3.8) is 0 Å². The fourth-order valence-electron chi connectivity index (χ4n) is 1.86. The number of hydrogen-bond acceptors (Lipinski definition) is 4. The summed E-state index contributed by atoms with van der Waals surface area (Å²) in [6.45, 7) is 4.12. The number of hydrogen-bond donors (Lipinski definition) is 1. The van der Waals surface area contributed by atoms with Crippen LogP contribution in [0.4, 0.5) is 13.2 Å². The van der Waals surface area contributed by atoms with Gasteiger partial charge >= 0.3 is 12.3 Å². The summed E-state index contributed by atoms with van der Waals surface area (Å²) in [7, 11) is 1.26. The van der Waals surface area contributed by atoms with Gasteiger partial charge in [-0.3, -0.25) is 5.32 Å². The predicted molar refractivity (Wildman–Crippen MR) is 70.8 cm³/mol. The SMILES string of the molecule is CCCNC(C)(C(=O)OC)c1ccc(OC(F)(F)F)cc1. The molecule has 0 radical (unpaired) electrons. The van der Waals surface area contributed by atoms with Crippen LogP contribution in [0.2, 0.25) is 0 Å². The van der Waals surface area contributed by atoms with Gasteiger partial charge in [-0.05, 0) is 37.6 Å². The van der Waals surface area contributed by atoms with E-state index in [0.717, 1.165) is 18.6 Å². The Labute approximate surface area is 121 Å². The molecule has 1 unspecified atom stereocenters. The normalized spacial score (nSPS) is 14.4. The molecule has 0 saturated heterocycles. The van der Waals surface area contributed by atoms with Gasteiger partial charge in [-0.25, -0.2) is 4.79 Å². The first-order valence-electron chi connectivity index (χ1n) is 6.42. The highest BCUT2D eigenvalue weighted by molar-refractivity contribution is 5.82. The quantitative estimate of drug-likeness (QED) is 0.821. The maximum atomic E-state index is 12.1. The summed E-state index contributed by atoms with van der Waals surface area (Å²) < 4.78 is 44.9. The molecule has 21 heavy (non-hydrogen) atoms. The number of methoxy groups -OCH3 is 1. The molecule has 0 bridgehead atoms. The van der Waals surface area contributed by atoms with Crippen molar-refractivity contribution < 1.29 is 27.4 Å². The summed E-state index contributed by atoms with van der Waals surface area (Å²) in [5.41, 5.74) is -0.626. The van der Waals surface area contributed by atoms with Gasteiger partial charge in [-0.15, -0.1) is 13.2 Å². The molecule has 1 aromatic rings. The van der Waals surface area contributed by atoms with Crippen LogP contribution in [-0.2, 0) is 15.1 Å². The minimum Gasteiger partial charge on any atom is -0.467 e. The van der Waals surface area contributed by atoms with Gasteiger partial charge in [0, 0.05) is 0 Å². The zero-order valence-corrected chi connectivity index (χ0v) is 12.1. The molecule has 0 saturated carbocycles. The van der Waals surface area contributed by atoms with E-state index in [1.807, 2.05) is 6.92 Å². The Morgan fingerprint density at radius 1 is 1.24 bits per heavy atom. The monoisotopic (exact) mass is 305 g/mol. The second-order valence-electron chi connectivity index (χ2n) is 4.62. The largest absolute Gasteiger partial charge is 0.573 e. The molecular formula is C14H18F3NO3. The minimum atomic E-state index is -4.74. The first-order valence-corrected chi connectivity index (χ1v) is 6.42. The van der Waals surface area contributed by atoms with E-state index in [9.17, 15) is 18.0 Å². The first kappa shape index (κ1) is 17.3. The lowest BCUT2D eigenvalue weighted by molar-refractivity contribution is -0.274. The van der Waals surface area contributed by atoms with Crippen molar-refractivity contribution in [2.45, 2.75) is 32.2 Å². The van der Waals surface area contributed by atoms with Crippen LogP contribution in [0.5, 0.6) is 5.75 Å². The summed E-state index contributed by atoms with van der Waals surface area (Å²) in [4.78, 5) is 12.0. The summed E-state index contributed by atoms with van der Waals surface area (Å²) in [5, 5.41) is 3.04. The van der Waals surface area contributed by atoms with Gasteiger partial charge in [-0.2, -0.15) is 0 Å². The third-order valence-electron chi connectivity index (χ3n) is 2.99. The van der Waals surface area contributed by atoms with Gasteiger partial charge in [0.1, 0.15) is 11.3 Å². The Balaban J connectivity index is 3.01. The highest BCUT2D eigenvalue weighted by atomic mass is 19.4. The standard InChI is InChI=1S/C14H18F3NO3/c1-4-9-18-13(2,12(19)20-3)10-5-7-11(8-6-10)21-14(15,16)17/h5-8,18H,4,9H2,1-3H3. The molecule has 0 amide bonds. The third-order valence-corrected chi connectivity index (χ3v) is 2.99. The Bertz CT molecular complexity index is 473. The van der Waals surface area contributed by atoms with E-state index < -0.39 is 17.9 Å². The van der Waals surface area contributed by atoms with Crippen molar-refractivity contribution in [1.82, 2.24) is 5.32 Å². The molecule has 0 aromatic heterocycles. The lowest BCUT2D eigenvalue weighted by Crippen LogP contribution is -2.47. The second-order valence-corrected chi connectivity index (χ2v) is 4.62. The van der Waals surface area contributed by atoms with Crippen molar-refractivity contribution >= 4 is 5.97 Å². The first-order chi connectivity index (χ1) is 9.73. The van der Waals surface area contributed by atoms with Crippen LogP contribution in [0.3, 0.4) is 0 Å². The molecular weight excluding hydrogens is 287 g/mol. The highest BCUT2D eigenvalue weighted by Gasteiger charge is 2.36. The van der Waals surface area contributed by atoms with Gasteiger partial charge in [0.2, 0.25) is 0 Å². The van der Waals surface area contributed by atoms with E-state index in [2.05, 4.69) is 10.1 Å². The van der Waals surface area contributed by atoms with E-state index in [-0.39, 0.29) is 5.75 Å². The lowest BCUT2D eigenvalue weighted by atomic mass is 9.91. The molecule has 118 valence electrons. The summed E-state index contributed by atoms with van der Waals surface area (Å²) >= 11 is 0. The van der Waals surface area contributed by atoms with Crippen LogP contribution in [0.25, 0.3) is 0 Å². The van der Waals surface area contributed by atoms with E-state index in [4.69, 9.17) is 4.74 Å². The zero-order valence-electron chi connectivity index (χ0n) is 12.1. The topological polar surface area (TPSA) is 47.6 Å². The zero-order chi connectivity index (χ0) is 16.1. The average Bonchev–Trinajstić information content (AvgIpc) is 2.42. The molecule has 1 rings (SSSR count). The second kappa shape index (κ2) is 6.80. The molecule has 0 aliphatic rings. The highest BCUT2D eigenvalue weighted by Crippen LogP contribution is 2.27. The van der Waals surface area contributed by atoms with E-state index in [1.54, 1.807) is 6.92 Å². The summed E-state index contributed by atoms with van der Waals surface area (Å²) in [6.07, 6.45) is -3.95. The van der Waals surface area contributed by atoms with Crippen LogP contribution in [0.1, 0.15) is 25.8 Å². The number of carbonyl (C=O) groups excluding carboxylic acids is 1. The van der Waals surface area contributed by atoms with Crippen LogP contribution < -0.4 is 10.1 Å². The summed E-state index contributed by atoms with van der Waals surface area (Å²) in [6, 6.07) is 5.14. The molecule has 0 heterocycles. The van der Waals surface area contributed by atoms with Gasteiger partial charge in [0.05, 0.1) is 7.11 Å². The lowest BCUT2D eigenvalue weighted by Gasteiger charge is -2.28. The maximum absolute atomic E-state index is 12.1. The Hall–Kier alpha value is -1.76. The number of esters is 1. The van der Waals surface area contributed by atoms with Crippen LogP contribution in [-0.4, -0.2) is 26.0 Å². The number of halogens is 3. The van der Waals surface area contributed by atoms with Crippen molar-refractivity contribution in [3.8, 4) is 5.75 Å². The molecule has 1 atom stereocenters. The molecule has 0 aliphatic heterocycles. The maximum Gasteiger partial charge on any atom is 0.573 e. The fraction of sp³-hybridized carbons (Fsp3) is 0.500. The molecule has 1 aromatic carbocycles. The van der Waals surface area contributed by atoms with Crippen LogP contribution in [0.15, 0.2) is 24.3 Å². The van der Waals surface area contributed by atoms with Gasteiger partial charge in [-0.1, -0.05) is 19.1 Å². The summed E-state index contributed by atoms with van der Waals surface area (Å²) in [5.74, 6) is -0.852. The van der Waals surface area contributed by atoms with Crippen molar-refractivity contribution in [3.05, 3.63) is 29.8 Å². The molecule has 1 N–H and O–H groups in total. The van der Waals surface area contributed by atoms with Gasteiger partial charge in [0.25, 0.3) is 0 Å². The average molecular weight is 305 g/mol. The minimum absolute atomic E-state index is 0.339. The predicted octanol–water partition coefficient (Wildman–Crippen LogP) is 2.97. The number of nitrogens with one attached hydrogen (secondary N) is 1. The van der Waals surface area contributed by atoms with Crippen LogP contribution >= 0.6 is 0 Å². The number of rotatable bonds is 6. The third kappa shape index (κ3) is 4.63. The number of carbonyl (C=O) groups is 1. The molecule has 0 aliphatic carbocycles. The fourth-order valence-corrected chi connectivity index (χ4v) is 1.86. The Morgan fingerprint density at radius 2 is 1.81 bits per heavy atom. The number of alkyl halides is 3. The molecule has 0 spiro atoms. The Morgan fingerprint density at radius 3 is 2.24 bits per heavy atom. The Kier molecular flexibility index (Phi) is 5.60. The number of ether oxygens (including phenoxy) is 2. The van der Waals surface area contributed by atoms with Gasteiger partial charge in [0.15, 0.2) is 0 Å². The van der Waals surface area contributed by atoms with Crippen molar-refractivity contribution in [1.29, 1.82) is 0 Å². The van der Waals surface area contributed by atoms with E-state index in [0.29, 0.717) is 12.1 Å².